The summed E-state index contributed by atoms with van der Waals surface area (Å²) in [5, 5.41) is 4.51. The number of hydrogen-bond acceptors (Lipinski definition) is 2. The molecule has 0 aliphatic carbocycles. The van der Waals surface area contributed by atoms with Crippen LogP contribution in [0.4, 0.5) is 0 Å². The van der Waals surface area contributed by atoms with Crippen molar-refractivity contribution in [3.05, 3.63) is 59.0 Å². The molecule has 0 spiro atoms. The first-order valence-corrected chi connectivity index (χ1v) is 7.98. The first-order valence-electron chi connectivity index (χ1n) is 7.60. The molecule has 0 fully saturated rings. The van der Waals surface area contributed by atoms with E-state index in [0.717, 1.165) is 23.6 Å². The van der Waals surface area contributed by atoms with Crippen molar-refractivity contribution in [2.75, 3.05) is 0 Å². The fraction of sp³-hybridized carbons (Fsp3) is 0.444. The fourth-order valence-electron chi connectivity index (χ4n) is 2.55. The Bertz CT molecular complexity index is 519. The molecule has 1 aromatic carbocycles. The maximum Gasteiger partial charge on any atom is 0.103 e. The lowest BCUT2D eigenvalue weighted by Gasteiger charge is -2.27. The molecule has 2 rings (SSSR count). The van der Waals surface area contributed by atoms with Crippen LogP contribution in [0.5, 0.6) is 0 Å². The number of benzene rings is 1. The first-order chi connectivity index (χ1) is 10.1. The van der Waals surface area contributed by atoms with Gasteiger partial charge in [0.1, 0.15) is 5.76 Å². The van der Waals surface area contributed by atoms with Gasteiger partial charge in [0.15, 0.2) is 0 Å². The second-order valence-corrected chi connectivity index (χ2v) is 6.40. The molecule has 0 amide bonds. The van der Waals surface area contributed by atoms with E-state index >= 15 is 0 Å². The summed E-state index contributed by atoms with van der Waals surface area (Å²) in [4.78, 5) is 0. The fourth-order valence-corrected chi connectivity index (χ4v) is 2.67. The minimum Gasteiger partial charge on any atom is -0.469 e. The highest BCUT2D eigenvalue weighted by atomic mass is 35.5. The van der Waals surface area contributed by atoms with Crippen molar-refractivity contribution in [3.63, 3.8) is 0 Å². The van der Waals surface area contributed by atoms with E-state index in [9.17, 15) is 0 Å². The van der Waals surface area contributed by atoms with E-state index in [0.29, 0.717) is 18.0 Å². The van der Waals surface area contributed by atoms with Crippen LogP contribution in [-0.4, -0.2) is 6.04 Å². The molecule has 0 aliphatic heterocycles. The Morgan fingerprint density at radius 1 is 1.10 bits per heavy atom. The van der Waals surface area contributed by atoms with Crippen LogP contribution < -0.4 is 5.32 Å². The summed E-state index contributed by atoms with van der Waals surface area (Å²) in [5.41, 5.74) is 1.29. The maximum atomic E-state index is 5.98. The zero-order chi connectivity index (χ0) is 15.2. The monoisotopic (exact) mass is 305 g/mol. The predicted octanol–water partition coefficient (Wildman–Crippen LogP) is 5.24. The third-order valence-corrected chi connectivity index (χ3v) is 4.02. The molecular formula is C18H24ClNO. The van der Waals surface area contributed by atoms with Gasteiger partial charge in [-0.3, -0.25) is 0 Å². The Morgan fingerprint density at radius 2 is 1.81 bits per heavy atom. The molecular weight excluding hydrogens is 282 g/mol. The lowest BCUT2D eigenvalue weighted by molar-refractivity contribution is 0.354. The zero-order valence-electron chi connectivity index (χ0n) is 13.0. The van der Waals surface area contributed by atoms with Crippen molar-refractivity contribution >= 4 is 11.6 Å². The van der Waals surface area contributed by atoms with Crippen LogP contribution in [0.2, 0.25) is 5.02 Å². The summed E-state index contributed by atoms with van der Waals surface area (Å²) in [7, 11) is 0. The van der Waals surface area contributed by atoms with Crippen LogP contribution >= 0.6 is 11.6 Å². The van der Waals surface area contributed by atoms with E-state index in [1.807, 2.05) is 24.3 Å². The second kappa shape index (κ2) is 7.67. The largest absolute Gasteiger partial charge is 0.469 e. The minimum atomic E-state index is 0.342. The third kappa shape index (κ3) is 4.90. The SMILES string of the molecule is CC(CCc1ccco1)NC(c1ccc(Cl)cc1)C(C)C. The number of aryl methyl sites for hydroxylation is 1. The molecule has 0 bridgehead atoms. The molecule has 1 aromatic heterocycles. The number of furan rings is 1. The van der Waals surface area contributed by atoms with Crippen molar-refractivity contribution < 1.29 is 4.42 Å². The van der Waals surface area contributed by atoms with Gasteiger partial charge in [0, 0.05) is 23.5 Å². The molecule has 1 N–H and O–H groups in total. The van der Waals surface area contributed by atoms with Gasteiger partial charge in [0.2, 0.25) is 0 Å². The maximum absolute atomic E-state index is 5.98. The van der Waals surface area contributed by atoms with Gasteiger partial charge in [-0.05, 0) is 49.1 Å². The summed E-state index contributed by atoms with van der Waals surface area (Å²) in [6.45, 7) is 6.71. The van der Waals surface area contributed by atoms with Crippen molar-refractivity contribution in [1.82, 2.24) is 5.32 Å². The quantitative estimate of drug-likeness (QED) is 0.756. The van der Waals surface area contributed by atoms with Gasteiger partial charge in [-0.15, -0.1) is 0 Å². The first kappa shape index (κ1) is 16.1. The van der Waals surface area contributed by atoms with Gasteiger partial charge in [-0.1, -0.05) is 37.6 Å². The second-order valence-electron chi connectivity index (χ2n) is 5.96. The minimum absolute atomic E-state index is 0.342. The third-order valence-electron chi connectivity index (χ3n) is 3.76. The van der Waals surface area contributed by atoms with Crippen LogP contribution in [0.25, 0.3) is 0 Å². The Hall–Kier alpha value is -1.25. The molecule has 0 saturated carbocycles. The standard InChI is InChI=1S/C18H24ClNO/c1-13(2)18(15-7-9-16(19)10-8-15)20-14(3)6-11-17-5-4-12-21-17/h4-5,7-10,12-14,18,20H,6,11H2,1-3H3. The van der Waals surface area contributed by atoms with Crippen molar-refractivity contribution in [3.8, 4) is 0 Å². The highest BCUT2D eigenvalue weighted by Crippen LogP contribution is 2.24. The normalized spacial score (nSPS) is 14.3. The molecule has 1 heterocycles. The van der Waals surface area contributed by atoms with Crippen LogP contribution in [0.1, 0.15) is 44.6 Å². The van der Waals surface area contributed by atoms with E-state index in [4.69, 9.17) is 16.0 Å². The van der Waals surface area contributed by atoms with E-state index < -0.39 is 0 Å². The highest BCUT2D eigenvalue weighted by Gasteiger charge is 2.18. The Morgan fingerprint density at radius 3 is 2.38 bits per heavy atom. The average Bonchev–Trinajstić information content (AvgIpc) is 2.97. The van der Waals surface area contributed by atoms with Crippen molar-refractivity contribution in [2.24, 2.45) is 5.92 Å². The molecule has 21 heavy (non-hydrogen) atoms. The van der Waals surface area contributed by atoms with E-state index in [-0.39, 0.29) is 0 Å². The summed E-state index contributed by atoms with van der Waals surface area (Å²) in [5.74, 6) is 1.58. The van der Waals surface area contributed by atoms with E-state index in [2.05, 4.69) is 38.2 Å². The number of halogens is 1. The highest BCUT2D eigenvalue weighted by molar-refractivity contribution is 6.30. The predicted molar refractivity (Wildman–Crippen MR) is 88.7 cm³/mol. The topological polar surface area (TPSA) is 25.2 Å². The van der Waals surface area contributed by atoms with Crippen molar-refractivity contribution in [2.45, 2.75) is 45.7 Å². The van der Waals surface area contributed by atoms with Gasteiger partial charge < -0.3 is 9.73 Å². The Balaban J connectivity index is 1.94. The van der Waals surface area contributed by atoms with Gasteiger partial charge in [0.25, 0.3) is 0 Å². The molecule has 2 nitrogen and oxygen atoms in total. The van der Waals surface area contributed by atoms with Crippen LogP contribution in [0, 0.1) is 5.92 Å². The van der Waals surface area contributed by atoms with Crippen LogP contribution in [0.3, 0.4) is 0 Å². The van der Waals surface area contributed by atoms with Gasteiger partial charge in [-0.2, -0.15) is 0 Å². The summed E-state index contributed by atoms with van der Waals surface area (Å²) >= 11 is 5.98. The smallest absolute Gasteiger partial charge is 0.103 e. The molecule has 0 aliphatic rings. The molecule has 0 radical (unpaired) electrons. The molecule has 2 aromatic rings. The molecule has 2 atom stereocenters. The van der Waals surface area contributed by atoms with E-state index in [1.165, 1.54) is 5.56 Å². The number of nitrogens with one attached hydrogen (secondary N) is 1. The molecule has 0 saturated heterocycles. The van der Waals surface area contributed by atoms with E-state index in [1.54, 1.807) is 6.26 Å². The van der Waals surface area contributed by atoms with Gasteiger partial charge in [-0.25, -0.2) is 0 Å². The van der Waals surface area contributed by atoms with Crippen molar-refractivity contribution in [1.29, 1.82) is 0 Å². The molecule has 114 valence electrons. The molecule has 3 heteroatoms. The Kier molecular flexibility index (Phi) is 5.89. The van der Waals surface area contributed by atoms with Gasteiger partial charge >= 0.3 is 0 Å². The number of rotatable bonds is 7. The average molecular weight is 306 g/mol. The number of hydrogen-bond donors (Lipinski definition) is 1. The molecule has 2 unspecified atom stereocenters. The summed E-state index contributed by atoms with van der Waals surface area (Å²) in [6, 6.07) is 12.9. The lowest BCUT2D eigenvalue weighted by Crippen LogP contribution is -2.33. The van der Waals surface area contributed by atoms with Crippen LogP contribution in [0.15, 0.2) is 47.1 Å². The zero-order valence-corrected chi connectivity index (χ0v) is 13.7. The van der Waals surface area contributed by atoms with Crippen LogP contribution in [-0.2, 0) is 6.42 Å². The summed E-state index contributed by atoms with van der Waals surface area (Å²) in [6.07, 6.45) is 3.76. The Labute approximate surface area is 132 Å². The lowest BCUT2D eigenvalue weighted by atomic mass is 9.94. The summed E-state index contributed by atoms with van der Waals surface area (Å²) < 4.78 is 5.39. The van der Waals surface area contributed by atoms with Gasteiger partial charge in [0.05, 0.1) is 6.26 Å².